The summed E-state index contributed by atoms with van der Waals surface area (Å²) in [5, 5.41) is 18.6. The van der Waals surface area contributed by atoms with Crippen molar-refractivity contribution < 1.29 is 9.13 Å². The van der Waals surface area contributed by atoms with Crippen molar-refractivity contribution in [1.29, 1.82) is 5.26 Å². The van der Waals surface area contributed by atoms with Gasteiger partial charge in [-0.25, -0.2) is 14.4 Å². The Bertz CT molecular complexity index is 710. The number of anilines is 1. The lowest BCUT2D eigenvalue weighted by atomic mass is 10.0. The van der Waals surface area contributed by atoms with Crippen molar-refractivity contribution in [2.24, 2.45) is 5.92 Å². The summed E-state index contributed by atoms with van der Waals surface area (Å²) in [5.74, 6) is 1.08. The van der Waals surface area contributed by atoms with Gasteiger partial charge in [-0.1, -0.05) is 0 Å². The van der Waals surface area contributed by atoms with Crippen molar-refractivity contribution in [3.8, 4) is 6.07 Å². The molecule has 22 heavy (non-hydrogen) atoms. The molecule has 2 aromatic rings. The highest BCUT2D eigenvalue weighted by Crippen LogP contribution is 2.32. The van der Waals surface area contributed by atoms with Crippen molar-refractivity contribution in [3.63, 3.8) is 0 Å². The number of nitrogens with one attached hydrogen (secondary N) is 2. The van der Waals surface area contributed by atoms with E-state index in [4.69, 9.17) is 10.00 Å². The number of rotatable bonds is 4. The Morgan fingerprint density at radius 3 is 3.14 bits per heavy atom. The number of aryl methyl sites for hydroxylation is 1. The molecular formula is C14H15FN6O. The van der Waals surface area contributed by atoms with Crippen LogP contribution in [0, 0.1) is 30.0 Å². The molecule has 0 aromatic carbocycles. The summed E-state index contributed by atoms with van der Waals surface area (Å²) in [6.45, 7) is 2.94. The van der Waals surface area contributed by atoms with Gasteiger partial charge < -0.3 is 10.1 Å². The molecule has 114 valence electrons. The normalized spacial score (nSPS) is 20.8. The lowest BCUT2D eigenvalue weighted by Gasteiger charge is -2.16. The van der Waals surface area contributed by atoms with Crippen LogP contribution in [0.15, 0.2) is 12.3 Å². The van der Waals surface area contributed by atoms with E-state index in [1.54, 1.807) is 0 Å². The van der Waals surface area contributed by atoms with Gasteiger partial charge in [0.25, 0.3) is 0 Å². The molecule has 2 N–H and O–H groups in total. The van der Waals surface area contributed by atoms with Crippen molar-refractivity contribution in [2.75, 3.05) is 18.5 Å². The topological polar surface area (TPSA) is 99.5 Å². The van der Waals surface area contributed by atoms with Gasteiger partial charge in [-0.05, 0) is 19.4 Å². The van der Waals surface area contributed by atoms with Crippen LogP contribution < -0.4 is 5.32 Å². The largest absolute Gasteiger partial charge is 0.370 e. The van der Waals surface area contributed by atoms with E-state index in [0.717, 1.165) is 18.3 Å². The van der Waals surface area contributed by atoms with Crippen LogP contribution in [0.1, 0.15) is 29.7 Å². The predicted molar refractivity (Wildman–Crippen MR) is 75.3 cm³/mol. The number of ether oxygens (including phenoxy) is 1. The summed E-state index contributed by atoms with van der Waals surface area (Å²) in [6, 6.07) is 3.02. The lowest BCUT2D eigenvalue weighted by Crippen LogP contribution is -2.20. The Labute approximate surface area is 126 Å². The van der Waals surface area contributed by atoms with E-state index in [1.165, 1.54) is 6.20 Å². The predicted octanol–water partition coefficient (Wildman–Crippen LogP) is 1.71. The van der Waals surface area contributed by atoms with Crippen LogP contribution in [0.4, 0.5) is 10.2 Å². The first-order valence-corrected chi connectivity index (χ1v) is 6.97. The average Bonchev–Trinajstić information content (AvgIpc) is 3.14. The fraction of sp³-hybridized carbons (Fsp3) is 0.429. The van der Waals surface area contributed by atoms with Crippen molar-refractivity contribution in [3.05, 3.63) is 35.3 Å². The van der Waals surface area contributed by atoms with Gasteiger partial charge in [-0.2, -0.15) is 10.4 Å². The minimum absolute atomic E-state index is 0.132. The molecule has 1 saturated heterocycles. The SMILES string of the molecule is Cc1nc([C@H]2OCC[C@H]2CNc2ncc(C#N)cc2F)n[nH]1. The van der Waals surface area contributed by atoms with Gasteiger partial charge in [0.1, 0.15) is 18.0 Å². The van der Waals surface area contributed by atoms with E-state index in [0.29, 0.717) is 19.0 Å². The van der Waals surface area contributed by atoms with E-state index >= 15 is 0 Å². The zero-order valence-electron chi connectivity index (χ0n) is 12.0. The Balaban J connectivity index is 1.67. The van der Waals surface area contributed by atoms with Crippen LogP contribution in [0.3, 0.4) is 0 Å². The third kappa shape index (κ3) is 2.89. The maximum atomic E-state index is 13.8. The van der Waals surface area contributed by atoms with Crippen molar-refractivity contribution >= 4 is 5.82 Å². The zero-order valence-corrected chi connectivity index (χ0v) is 12.0. The summed E-state index contributed by atoms with van der Waals surface area (Å²) >= 11 is 0. The molecule has 0 saturated carbocycles. The standard InChI is InChI=1S/C14H15FN6O/c1-8-19-14(21-20-8)12-10(2-3-22-12)7-18-13-11(15)4-9(5-16)6-17-13/h4,6,10,12H,2-3,7H2,1H3,(H,17,18)(H,19,20,21)/t10-,12-/m0/s1. The van der Waals surface area contributed by atoms with Crippen LogP contribution >= 0.6 is 0 Å². The number of pyridine rings is 1. The summed E-state index contributed by atoms with van der Waals surface area (Å²) in [4.78, 5) is 8.22. The lowest BCUT2D eigenvalue weighted by molar-refractivity contribution is 0.0863. The van der Waals surface area contributed by atoms with Crippen molar-refractivity contribution in [1.82, 2.24) is 20.2 Å². The fourth-order valence-electron chi connectivity index (χ4n) is 2.47. The first-order valence-electron chi connectivity index (χ1n) is 6.97. The second-order valence-corrected chi connectivity index (χ2v) is 5.17. The monoisotopic (exact) mass is 302 g/mol. The Hall–Kier alpha value is -2.53. The van der Waals surface area contributed by atoms with E-state index in [9.17, 15) is 4.39 Å². The van der Waals surface area contributed by atoms with Gasteiger partial charge >= 0.3 is 0 Å². The van der Waals surface area contributed by atoms with Crippen LogP contribution in [0.2, 0.25) is 0 Å². The third-order valence-electron chi connectivity index (χ3n) is 3.59. The number of aromatic amines is 1. The smallest absolute Gasteiger partial charge is 0.179 e. The number of nitrogens with zero attached hydrogens (tertiary/aromatic N) is 4. The van der Waals surface area contributed by atoms with Crippen LogP contribution in [-0.2, 0) is 4.74 Å². The summed E-state index contributed by atoms with van der Waals surface area (Å²) in [6.07, 6.45) is 1.97. The van der Waals surface area contributed by atoms with Gasteiger partial charge in [0.15, 0.2) is 17.5 Å². The molecule has 0 radical (unpaired) electrons. The Kier molecular flexibility index (Phi) is 3.98. The van der Waals surface area contributed by atoms with E-state index in [1.807, 2.05) is 13.0 Å². The molecule has 0 spiro atoms. The van der Waals surface area contributed by atoms with Gasteiger partial charge in [0.05, 0.1) is 5.56 Å². The maximum absolute atomic E-state index is 13.8. The second kappa shape index (κ2) is 6.07. The third-order valence-corrected chi connectivity index (χ3v) is 3.59. The van der Waals surface area contributed by atoms with Gasteiger partial charge in [0.2, 0.25) is 0 Å². The molecule has 2 atom stereocenters. The Morgan fingerprint density at radius 1 is 1.59 bits per heavy atom. The Morgan fingerprint density at radius 2 is 2.45 bits per heavy atom. The minimum Gasteiger partial charge on any atom is -0.370 e. The minimum atomic E-state index is -0.539. The number of H-pyrrole nitrogens is 1. The quantitative estimate of drug-likeness (QED) is 0.892. The first kappa shape index (κ1) is 14.4. The van der Waals surface area contributed by atoms with Crippen molar-refractivity contribution in [2.45, 2.75) is 19.4 Å². The van der Waals surface area contributed by atoms with E-state index in [2.05, 4.69) is 25.5 Å². The number of nitriles is 1. The molecule has 1 aliphatic rings. The number of hydrogen-bond acceptors (Lipinski definition) is 6. The van der Waals surface area contributed by atoms with Gasteiger partial charge in [-0.3, -0.25) is 5.10 Å². The molecule has 0 bridgehead atoms. The fourth-order valence-corrected chi connectivity index (χ4v) is 2.47. The molecule has 1 fully saturated rings. The molecule has 1 aliphatic heterocycles. The highest BCUT2D eigenvalue weighted by atomic mass is 19.1. The summed E-state index contributed by atoms with van der Waals surface area (Å²) in [5.41, 5.74) is 0.196. The van der Waals surface area contributed by atoms with Crippen LogP contribution in [0.25, 0.3) is 0 Å². The molecule has 2 aromatic heterocycles. The summed E-state index contributed by atoms with van der Waals surface area (Å²) in [7, 11) is 0. The van der Waals surface area contributed by atoms with E-state index < -0.39 is 5.82 Å². The van der Waals surface area contributed by atoms with Crippen LogP contribution in [0.5, 0.6) is 0 Å². The van der Waals surface area contributed by atoms with Crippen LogP contribution in [-0.4, -0.2) is 33.3 Å². The number of halogens is 1. The van der Waals surface area contributed by atoms with E-state index in [-0.39, 0.29) is 23.4 Å². The molecule has 8 heteroatoms. The molecule has 3 heterocycles. The maximum Gasteiger partial charge on any atom is 0.179 e. The number of hydrogen-bond donors (Lipinski definition) is 2. The number of aromatic nitrogens is 4. The molecular weight excluding hydrogens is 287 g/mol. The highest BCUT2D eigenvalue weighted by Gasteiger charge is 2.32. The summed E-state index contributed by atoms with van der Waals surface area (Å²) < 4.78 is 19.5. The average molecular weight is 302 g/mol. The zero-order chi connectivity index (χ0) is 15.5. The highest BCUT2D eigenvalue weighted by molar-refractivity contribution is 5.40. The molecule has 0 unspecified atom stereocenters. The van der Waals surface area contributed by atoms with Gasteiger partial charge in [0, 0.05) is 25.3 Å². The first-order chi connectivity index (χ1) is 10.7. The molecule has 3 rings (SSSR count). The molecule has 0 amide bonds. The van der Waals surface area contributed by atoms with Gasteiger partial charge in [-0.15, -0.1) is 0 Å². The second-order valence-electron chi connectivity index (χ2n) is 5.17. The molecule has 7 nitrogen and oxygen atoms in total. The molecule has 0 aliphatic carbocycles.